The molecule has 0 aromatic heterocycles. The van der Waals surface area contributed by atoms with Gasteiger partial charge in [0.1, 0.15) is 6.04 Å². The lowest BCUT2D eigenvalue weighted by Crippen LogP contribution is -2.29. The Morgan fingerprint density at radius 2 is 1.93 bits per heavy atom. The fourth-order valence-electron chi connectivity index (χ4n) is 1.29. The Bertz CT molecular complexity index is 290. The number of hydrogen-bond acceptors (Lipinski definition) is 2. The van der Waals surface area contributed by atoms with E-state index >= 15 is 0 Å². The molecular formula is C11H16ClNO2. The van der Waals surface area contributed by atoms with Crippen molar-refractivity contribution in [1.29, 1.82) is 0 Å². The minimum atomic E-state index is -0.918. The van der Waals surface area contributed by atoms with Crippen molar-refractivity contribution in [3.05, 3.63) is 35.9 Å². The number of carbonyl (C=O) groups is 1. The Labute approximate surface area is 95.7 Å². The van der Waals surface area contributed by atoms with Crippen molar-refractivity contribution in [3.63, 3.8) is 0 Å². The zero-order valence-electron chi connectivity index (χ0n) is 8.43. The van der Waals surface area contributed by atoms with Gasteiger partial charge in [-0.2, -0.15) is 0 Å². The molecule has 1 aromatic rings. The molecule has 84 valence electrons. The lowest BCUT2D eigenvalue weighted by Gasteiger charge is -2.05. The maximum Gasteiger partial charge on any atom is 0.320 e. The lowest BCUT2D eigenvalue weighted by atomic mass is 10.1. The Morgan fingerprint density at radius 1 is 1.33 bits per heavy atom. The summed E-state index contributed by atoms with van der Waals surface area (Å²) in [5.41, 5.74) is 6.61. The highest BCUT2D eigenvalue weighted by Crippen LogP contribution is 2.05. The summed E-state index contributed by atoms with van der Waals surface area (Å²) in [6, 6.07) is 9.27. The minimum Gasteiger partial charge on any atom is -0.480 e. The number of hydrogen-bond donors (Lipinski definition) is 2. The molecule has 0 aliphatic carbocycles. The van der Waals surface area contributed by atoms with Crippen LogP contribution in [0.5, 0.6) is 0 Å². The van der Waals surface area contributed by atoms with E-state index in [9.17, 15) is 4.79 Å². The zero-order valence-corrected chi connectivity index (χ0v) is 9.24. The SMILES string of the molecule is Cl.NC(CCCc1ccccc1)C(=O)O. The number of nitrogens with two attached hydrogens (primary N) is 1. The Morgan fingerprint density at radius 3 is 2.47 bits per heavy atom. The van der Waals surface area contributed by atoms with Crippen molar-refractivity contribution in [2.24, 2.45) is 5.73 Å². The van der Waals surface area contributed by atoms with Crippen molar-refractivity contribution in [2.75, 3.05) is 0 Å². The number of halogens is 1. The number of benzene rings is 1. The Hall–Kier alpha value is -1.06. The predicted octanol–water partition coefficient (Wildman–Crippen LogP) is 1.84. The molecule has 1 atom stereocenters. The van der Waals surface area contributed by atoms with Gasteiger partial charge in [0.2, 0.25) is 0 Å². The number of carboxylic acids is 1. The topological polar surface area (TPSA) is 63.3 Å². The van der Waals surface area contributed by atoms with Gasteiger partial charge in [0.25, 0.3) is 0 Å². The largest absolute Gasteiger partial charge is 0.480 e. The monoisotopic (exact) mass is 229 g/mol. The molecule has 0 heterocycles. The van der Waals surface area contributed by atoms with Gasteiger partial charge in [-0.05, 0) is 24.8 Å². The molecule has 0 fully saturated rings. The van der Waals surface area contributed by atoms with Crippen LogP contribution in [0.2, 0.25) is 0 Å². The van der Waals surface area contributed by atoms with Gasteiger partial charge in [0.05, 0.1) is 0 Å². The second-order valence-electron chi connectivity index (χ2n) is 3.32. The van der Waals surface area contributed by atoms with Crippen LogP contribution in [0.15, 0.2) is 30.3 Å². The lowest BCUT2D eigenvalue weighted by molar-refractivity contribution is -0.138. The molecule has 0 bridgehead atoms. The predicted molar refractivity (Wildman–Crippen MR) is 62.2 cm³/mol. The molecule has 1 rings (SSSR count). The van der Waals surface area contributed by atoms with Gasteiger partial charge in [0.15, 0.2) is 0 Å². The molecule has 0 spiro atoms. The van der Waals surface area contributed by atoms with Crippen LogP contribution in [-0.2, 0) is 11.2 Å². The van der Waals surface area contributed by atoms with Crippen LogP contribution in [0.4, 0.5) is 0 Å². The van der Waals surface area contributed by atoms with Crippen molar-refractivity contribution in [1.82, 2.24) is 0 Å². The van der Waals surface area contributed by atoms with Crippen molar-refractivity contribution >= 4 is 18.4 Å². The molecule has 0 radical (unpaired) electrons. The molecule has 3 N–H and O–H groups in total. The molecule has 0 saturated heterocycles. The van der Waals surface area contributed by atoms with Gasteiger partial charge in [-0.15, -0.1) is 12.4 Å². The summed E-state index contributed by atoms with van der Waals surface area (Å²) in [6.45, 7) is 0. The van der Waals surface area contributed by atoms with Gasteiger partial charge >= 0.3 is 5.97 Å². The number of carboxylic acid groups (broad SMARTS) is 1. The van der Waals surface area contributed by atoms with E-state index in [-0.39, 0.29) is 12.4 Å². The maximum absolute atomic E-state index is 10.4. The van der Waals surface area contributed by atoms with E-state index in [1.807, 2.05) is 30.3 Å². The third kappa shape index (κ3) is 5.40. The van der Waals surface area contributed by atoms with Crippen molar-refractivity contribution < 1.29 is 9.90 Å². The average Bonchev–Trinajstić information content (AvgIpc) is 2.19. The summed E-state index contributed by atoms with van der Waals surface area (Å²) in [5, 5.41) is 8.55. The Kier molecular flexibility index (Phi) is 6.75. The first-order chi connectivity index (χ1) is 6.70. The van der Waals surface area contributed by atoms with Crippen LogP contribution >= 0.6 is 12.4 Å². The fourth-order valence-corrected chi connectivity index (χ4v) is 1.29. The fraction of sp³-hybridized carbons (Fsp3) is 0.364. The third-order valence-corrected chi connectivity index (χ3v) is 2.14. The molecule has 0 amide bonds. The highest BCUT2D eigenvalue weighted by Gasteiger charge is 2.09. The molecule has 0 aliphatic heterocycles. The first kappa shape index (κ1) is 13.9. The van der Waals surface area contributed by atoms with Crippen molar-refractivity contribution in [3.8, 4) is 0 Å². The van der Waals surface area contributed by atoms with Crippen molar-refractivity contribution in [2.45, 2.75) is 25.3 Å². The van der Waals surface area contributed by atoms with Crippen LogP contribution in [0.1, 0.15) is 18.4 Å². The van der Waals surface area contributed by atoms with Gasteiger partial charge in [-0.3, -0.25) is 4.79 Å². The number of rotatable bonds is 5. The zero-order chi connectivity index (χ0) is 10.4. The highest BCUT2D eigenvalue weighted by molar-refractivity contribution is 5.85. The molecule has 0 saturated carbocycles. The van der Waals surface area contributed by atoms with E-state index in [2.05, 4.69) is 0 Å². The van der Waals surface area contributed by atoms with E-state index < -0.39 is 12.0 Å². The minimum absolute atomic E-state index is 0. The van der Waals surface area contributed by atoms with E-state index in [1.54, 1.807) is 0 Å². The molecule has 1 aromatic carbocycles. The van der Waals surface area contributed by atoms with Gasteiger partial charge in [-0.25, -0.2) is 0 Å². The van der Waals surface area contributed by atoms with Gasteiger partial charge in [-0.1, -0.05) is 30.3 Å². The standard InChI is InChI=1S/C11H15NO2.ClH/c12-10(11(13)14)8-4-7-9-5-2-1-3-6-9;/h1-3,5-6,10H,4,7-8,12H2,(H,13,14);1H. The summed E-state index contributed by atoms with van der Waals surface area (Å²) in [4.78, 5) is 10.4. The summed E-state index contributed by atoms with van der Waals surface area (Å²) >= 11 is 0. The van der Waals surface area contributed by atoms with Crippen LogP contribution in [-0.4, -0.2) is 17.1 Å². The summed E-state index contributed by atoms with van der Waals surface area (Å²) in [7, 11) is 0. The van der Waals surface area contributed by atoms with Crippen LogP contribution in [0.3, 0.4) is 0 Å². The quantitative estimate of drug-likeness (QED) is 0.810. The van der Waals surface area contributed by atoms with Crippen LogP contribution in [0, 0.1) is 0 Å². The molecule has 0 aliphatic rings. The van der Waals surface area contributed by atoms with E-state index in [4.69, 9.17) is 10.8 Å². The molecule has 4 heteroatoms. The van der Waals surface area contributed by atoms with E-state index in [0.717, 1.165) is 12.8 Å². The first-order valence-electron chi connectivity index (χ1n) is 4.72. The summed E-state index contributed by atoms with van der Waals surface area (Å²) < 4.78 is 0. The first-order valence-corrected chi connectivity index (χ1v) is 4.72. The molecular weight excluding hydrogens is 214 g/mol. The summed E-state index contributed by atoms with van der Waals surface area (Å²) in [6.07, 6.45) is 2.24. The Balaban J connectivity index is 0.00000196. The molecule has 1 unspecified atom stereocenters. The van der Waals surface area contributed by atoms with Gasteiger partial charge in [0, 0.05) is 0 Å². The molecule has 15 heavy (non-hydrogen) atoms. The summed E-state index contributed by atoms with van der Waals surface area (Å²) in [5.74, 6) is -0.918. The van der Waals surface area contributed by atoms with E-state index in [0.29, 0.717) is 6.42 Å². The molecule has 3 nitrogen and oxygen atoms in total. The second-order valence-corrected chi connectivity index (χ2v) is 3.32. The van der Waals surface area contributed by atoms with Crippen LogP contribution in [0.25, 0.3) is 0 Å². The number of aryl methyl sites for hydroxylation is 1. The second kappa shape index (κ2) is 7.26. The third-order valence-electron chi connectivity index (χ3n) is 2.14. The van der Waals surface area contributed by atoms with Crippen LogP contribution < -0.4 is 5.73 Å². The number of aliphatic carboxylic acids is 1. The average molecular weight is 230 g/mol. The smallest absolute Gasteiger partial charge is 0.320 e. The normalized spacial score (nSPS) is 11.5. The maximum atomic E-state index is 10.4. The highest BCUT2D eigenvalue weighted by atomic mass is 35.5. The van der Waals surface area contributed by atoms with E-state index in [1.165, 1.54) is 5.56 Å². The van der Waals surface area contributed by atoms with Gasteiger partial charge < -0.3 is 10.8 Å².